The topological polar surface area (TPSA) is 67.4 Å². The number of hydrogen-bond acceptors (Lipinski definition) is 3. The maximum Gasteiger partial charge on any atom is 0.319 e. The molecule has 2 amide bonds. The number of ether oxygens (including phenoxy) is 1. The molecule has 0 saturated carbocycles. The Morgan fingerprint density at radius 2 is 1.70 bits per heavy atom. The highest BCUT2D eigenvalue weighted by atomic mass is 16.5. The lowest BCUT2D eigenvalue weighted by molar-refractivity contribution is -0.140. The zero-order valence-corrected chi connectivity index (χ0v) is 14.6. The third-order valence-corrected chi connectivity index (χ3v) is 3.58. The SMILES string of the molecule is COC(=O)CCCCCNC(=O)Nc1ccc(C(C)(C)C)cc1. The molecular formula is C18H28N2O3. The smallest absolute Gasteiger partial charge is 0.319 e. The van der Waals surface area contributed by atoms with Gasteiger partial charge in [0.2, 0.25) is 0 Å². The van der Waals surface area contributed by atoms with Crippen LogP contribution in [0.2, 0.25) is 0 Å². The van der Waals surface area contributed by atoms with Gasteiger partial charge < -0.3 is 15.4 Å². The van der Waals surface area contributed by atoms with E-state index in [1.807, 2.05) is 24.3 Å². The van der Waals surface area contributed by atoms with E-state index in [9.17, 15) is 9.59 Å². The van der Waals surface area contributed by atoms with Crippen LogP contribution in [-0.4, -0.2) is 25.7 Å². The van der Waals surface area contributed by atoms with Crippen LogP contribution < -0.4 is 10.6 Å². The van der Waals surface area contributed by atoms with Gasteiger partial charge in [0, 0.05) is 18.7 Å². The van der Waals surface area contributed by atoms with Gasteiger partial charge in [0.1, 0.15) is 0 Å². The number of carbonyl (C=O) groups is 2. The summed E-state index contributed by atoms with van der Waals surface area (Å²) in [5.74, 6) is -0.186. The van der Waals surface area contributed by atoms with Crippen molar-refractivity contribution in [3.8, 4) is 0 Å². The first kappa shape index (κ1) is 19.0. The Balaban J connectivity index is 2.23. The minimum absolute atomic E-state index is 0.102. The second-order valence-corrected chi connectivity index (χ2v) is 6.60. The van der Waals surface area contributed by atoms with Crippen LogP contribution in [-0.2, 0) is 14.9 Å². The van der Waals surface area contributed by atoms with Gasteiger partial charge >= 0.3 is 12.0 Å². The maximum atomic E-state index is 11.8. The van der Waals surface area contributed by atoms with Crippen LogP contribution in [0.4, 0.5) is 10.5 Å². The second-order valence-electron chi connectivity index (χ2n) is 6.60. The fraction of sp³-hybridized carbons (Fsp3) is 0.556. The molecule has 0 radical (unpaired) electrons. The van der Waals surface area contributed by atoms with Crippen molar-refractivity contribution in [2.24, 2.45) is 0 Å². The first-order valence-corrected chi connectivity index (χ1v) is 8.05. The molecule has 1 aromatic rings. The number of carbonyl (C=O) groups excluding carboxylic acids is 2. The van der Waals surface area contributed by atoms with E-state index in [1.54, 1.807) is 0 Å². The predicted molar refractivity (Wildman–Crippen MR) is 92.6 cm³/mol. The third-order valence-electron chi connectivity index (χ3n) is 3.58. The molecule has 5 heteroatoms. The summed E-state index contributed by atoms with van der Waals surface area (Å²) in [6, 6.07) is 7.68. The van der Waals surface area contributed by atoms with Gasteiger partial charge in [0.05, 0.1) is 7.11 Å². The van der Waals surface area contributed by atoms with E-state index in [0.717, 1.165) is 24.9 Å². The van der Waals surface area contributed by atoms with E-state index in [-0.39, 0.29) is 17.4 Å². The Kier molecular flexibility index (Phi) is 7.59. The summed E-state index contributed by atoms with van der Waals surface area (Å²) in [6.07, 6.45) is 2.94. The molecule has 128 valence electrons. The molecule has 5 nitrogen and oxygen atoms in total. The standard InChI is InChI=1S/C18H28N2O3/c1-18(2,3)14-9-11-15(12-10-14)20-17(22)19-13-7-5-6-8-16(21)23-4/h9-12H,5-8,13H2,1-4H3,(H2,19,20,22). The Labute approximate surface area is 138 Å². The molecule has 2 N–H and O–H groups in total. The summed E-state index contributed by atoms with van der Waals surface area (Å²) >= 11 is 0. The fourth-order valence-electron chi connectivity index (χ4n) is 2.10. The van der Waals surface area contributed by atoms with E-state index in [1.165, 1.54) is 12.7 Å². The van der Waals surface area contributed by atoms with Gasteiger partial charge in [-0.2, -0.15) is 0 Å². The second kappa shape index (κ2) is 9.18. The minimum Gasteiger partial charge on any atom is -0.469 e. The van der Waals surface area contributed by atoms with Crippen LogP contribution >= 0.6 is 0 Å². The van der Waals surface area contributed by atoms with Gasteiger partial charge in [-0.15, -0.1) is 0 Å². The van der Waals surface area contributed by atoms with E-state index in [4.69, 9.17) is 0 Å². The first-order valence-electron chi connectivity index (χ1n) is 8.05. The molecule has 0 heterocycles. The summed E-state index contributed by atoms with van der Waals surface area (Å²) in [6.45, 7) is 7.06. The maximum absolute atomic E-state index is 11.8. The Morgan fingerprint density at radius 1 is 1.04 bits per heavy atom. The molecule has 0 aliphatic carbocycles. The Bertz CT molecular complexity index is 504. The number of methoxy groups -OCH3 is 1. The zero-order valence-electron chi connectivity index (χ0n) is 14.6. The zero-order chi connectivity index (χ0) is 17.3. The van der Waals surface area contributed by atoms with Crippen molar-refractivity contribution in [1.82, 2.24) is 5.32 Å². The van der Waals surface area contributed by atoms with Gasteiger partial charge in [0.25, 0.3) is 0 Å². The van der Waals surface area contributed by atoms with Crippen LogP contribution in [0, 0.1) is 0 Å². The number of nitrogens with one attached hydrogen (secondary N) is 2. The van der Waals surface area contributed by atoms with Crippen molar-refractivity contribution in [3.63, 3.8) is 0 Å². The van der Waals surface area contributed by atoms with Crippen molar-refractivity contribution < 1.29 is 14.3 Å². The quantitative estimate of drug-likeness (QED) is 0.592. The summed E-state index contributed by atoms with van der Waals surface area (Å²) in [5.41, 5.74) is 2.11. The summed E-state index contributed by atoms with van der Waals surface area (Å²) in [7, 11) is 1.39. The largest absolute Gasteiger partial charge is 0.469 e. The normalized spacial score (nSPS) is 11.0. The number of esters is 1. The molecule has 0 aliphatic heterocycles. The van der Waals surface area contributed by atoms with Crippen molar-refractivity contribution in [2.75, 3.05) is 19.0 Å². The van der Waals surface area contributed by atoms with E-state index < -0.39 is 0 Å². The Hall–Kier alpha value is -2.04. The Morgan fingerprint density at radius 3 is 2.26 bits per heavy atom. The lowest BCUT2D eigenvalue weighted by Gasteiger charge is -2.19. The molecule has 0 aliphatic rings. The number of anilines is 1. The summed E-state index contributed by atoms with van der Waals surface area (Å²) < 4.78 is 4.57. The minimum atomic E-state index is -0.207. The number of hydrogen-bond donors (Lipinski definition) is 2. The highest BCUT2D eigenvalue weighted by Gasteiger charge is 2.13. The molecule has 0 atom stereocenters. The fourth-order valence-corrected chi connectivity index (χ4v) is 2.10. The van der Waals surface area contributed by atoms with Crippen molar-refractivity contribution in [1.29, 1.82) is 0 Å². The monoisotopic (exact) mass is 320 g/mol. The first-order chi connectivity index (χ1) is 10.8. The number of amides is 2. The van der Waals surface area contributed by atoms with Crippen molar-refractivity contribution in [2.45, 2.75) is 51.9 Å². The van der Waals surface area contributed by atoms with Gasteiger partial charge in [-0.25, -0.2) is 4.79 Å². The van der Waals surface area contributed by atoms with E-state index in [0.29, 0.717) is 13.0 Å². The molecule has 0 unspecified atom stereocenters. The van der Waals surface area contributed by atoms with Crippen LogP contribution in [0.5, 0.6) is 0 Å². The molecule has 0 aromatic heterocycles. The number of rotatable bonds is 7. The molecule has 0 bridgehead atoms. The highest BCUT2D eigenvalue weighted by Crippen LogP contribution is 2.23. The van der Waals surface area contributed by atoms with Crippen LogP contribution in [0.15, 0.2) is 24.3 Å². The summed E-state index contributed by atoms with van der Waals surface area (Å²) in [5, 5.41) is 5.63. The number of unbranched alkanes of at least 4 members (excludes halogenated alkanes) is 2. The highest BCUT2D eigenvalue weighted by molar-refractivity contribution is 5.89. The molecule has 0 fully saturated rings. The lowest BCUT2D eigenvalue weighted by atomic mass is 9.87. The average molecular weight is 320 g/mol. The van der Waals surface area contributed by atoms with Crippen LogP contribution in [0.1, 0.15) is 52.0 Å². The molecular weight excluding hydrogens is 292 g/mol. The summed E-state index contributed by atoms with van der Waals surface area (Å²) in [4.78, 5) is 22.7. The lowest BCUT2D eigenvalue weighted by Crippen LogP contribution is -2.29. The van der Waals surface area contributed by atoms with Crippen molar-refractivity contribution >= 4 is 17.7 Å². The van der Waals surface area contributed by atoms with Crippen LogP contribution in [0.3, 0.4) is 0 Å². The van der Waals surface area contributed by atoms with Crippen molar-refractivity contribution in [3.05, 3.63) is 29.8 Å². The van der Waals surface area contributed by atoms with Gasteiger partial charge in [-0.3, -0.25) is 4.79 Å². The average Bonchev–Trinajstić information content (AvgIpc) is 2.50. The van der Waals surface area contributed by atoms with Gasteiger partial charge in [-0.1, -0.05) is 39.3 Å². The molecule has 1 aromatic carbocycles. The van der Waals surface area contributed by atoms with E-state index >= 15 is 0 Å². The van der Waals surface area contributed by atoms with E-state index in [2.05, 4.69) is 36.1 Å². The number of benzene rings is 1. The molecule has 1 rings (SSSR count). The number of urea groups is 1. The van der Waals surface area contributed by atoms with Gasteiger partial charge in [0.15, 0.2) is 0 Å². The molecule has 23 heavy (non-hydrogen) atoms. The molecule has 0 saturated heterocycles. The van der Waals surface area contributed by atoms with Gasteiger partial charge in [-0.05, 0) is 36.0 Å². The predicted octanol–water partition coefficient (Wildman–Crippen LogP) is 3.84. The molecule has 0 spiro atoms. The van der Waals surface area contributed by atoms with Crippen LogP contribution in [0.25, 0.3) is 0 Å². The third kappa shape index (κ3) is 7.68.